The molecule has 0 aliphatic heterocycles. The summed E-state index contributed by atoms with van der Waals surface area (Å²) in [4.78, 5) is 21.3. The van der Waals surface area contributed by atoms with Crippen LogP contribution in [0.4, 0.5) is 10.1 Å². The molecule has 15 heavy (non-hydrogen) atoms. The summed E-state index contributed by atoms with van der Waals surface area (Å²) in [5.74, 6) is -2.96. The number of hydrogen-bond donors (Lipinski definition) is 2. The molecule has 0 heterocycles. The van der Waals surface area contributed by atoms with E-state index in [-0.39, 0.29) is 10.7 Å². The highest BCUT2D eigenvalue weighted by atomic mass is 35.5. The molecule has 0 saturated carbocycles. The van der Waals surface area contributed by atoms with E-state index in [0.29, 0.717) is 0 Å². The summed E-state index contributed by atoms with van der Waals surface area (Å²) in [5.41, 5.74) is -0.821. The van der Waals surface area contributed by atoms with E-state index in [4.69, 9.17) is 16.7 Å². The molecule has 1 aromatic rings. The van der Waals surface area contributed by atoms with Crippen LogP contribution < -0.4 is 5.32 Å². The van der Waals surface area contributed by atoms with E-state index in [0.717, 1.165) is 12.1 Å². The zero-order chi connectivity index (χ0) is 11.6. The number of carboxylic acid groups (broad SMARTS) is 1. The summed E-state index contributed by atoms with van der Waals surface area (Å²) in [5, 5.41) is 10.8. The zero-order valence-electron chi connectivity index (χ0n) is 7.67. The number of aromatic carboxylic acids is 1. The molecule has 1 rings (SSSR count). The van der Waals surface area contributed by atoms with Gasteiger partial charge >= 0.3 is 5.97 Å². The highest BCUT2D eigenvalue weighted by Crippen LogP contribution is 2.24. The molecule has 1 aromatic carbocycles. The Balaban J connectivity index is 3.28. The number of hydrogen-bond acceptors (Lipinski definition) is 2. The van der Waals surface area contributed by atoms with E-state index in [1.807, 2.05) is 0 Å². The first kappa shape index (κ1) is 11.5. The smallest absolute Gasteiger partial charge is 0.338 e. The Morgan fingerprint density at radius 2 is 2.07 bits per heavy atom. The van der Waals surface area contributed by atoms with Crippen LogP contribution in [0.1, 0.15) is 17.3 Å². The number of carbonyl (C=O) groups is 2. The summed E-state index contributed by atoms with van der Waals surface area (Å²) in [6.45, 7) is 1.18. The van der Waals surface area contributed by atoms with Crippen molar-refractivity contribution in [3.63, 3.8) is 0 Å². The van der Waals surface area contributed by atoms with Crippen molar-refractivity contribution >= 4 is 29.2 Å². The predicted molar refractivity (Wildman–Crippen MR) is 52.7 cm³/mol. The lowest BCUT2D eigenvalue weighted by atomic mass is 10.2. The van der Waals surface area contributed by atoms with E-state index >= 15 is 0 Å². The van der Waals surface area contributed by atoms with Gasteiger partial charge in [0.15, 0.2) is 5.82 Å². The van der Waals surface area contributed by atoms with Gasteiger partial charge < -0.3 is 10.4 Å². The third kappa shape index (κ3) is 2.66. The third-order valence-electron chi connectivity index (χ3n) is 1.58. The van der Waals surface area contributed by atoms with Crippen molar-refractivity contribution in [2.75, 3.05) is 5.32 Å². The summed E-state index contributed by atoms with van der Waals surface area (Å²) in [6.07, 6.45) is 0. The van der Waals surface area contributed by atoms with E-state index in [1.165, 1.54) is 6.92 Å². The number of carboxylic acids is 1. The molecular formula is C9H7ClFNO3. The van der Waals surface area contributed by atoms with Gasteiger partial charge in [-0.1, -0.05) is 11.6 Å². The van der Waals surface area contributed by atoms with E-state index < -0.39 is 23.3 Å². The molecule has 0 radical (unpaired) electrons. The molecule has 0 aliphatic rings. The lowest BCUT2D eigenvalue weighted by Crippen LogP contribution is -2.10. The first-order valence-electron chi connectivity index (χ1n) is 3.91. The van der Waals surface area contributed by atoms with Gasteiger partial charge in [0.2, 0.25) is 5.91 Å². The van der Waals surface area contributed by atoms with Crippen molar-refractivity contribution < 1.29 is 19.1 Å². The van der Waals surface area contributed by atoms with E-state index in [2.05, 4.69) is 5.32 Å². The Hall–Kier alpha value is -1.62. The number of rotatable bonds is 2. The van der Waals surface area contributed by atoms with E-state index in [9.17, 15) is 14.0 Å². The fourth-order valence-electron chi connectivity index (χ4n) is 1.03. The van der Waals surface area contributed by atoms with Crippen LogP contribution in [0.3, 0.4) is 0 Å². The maximum Gasteiger partial charge on any atom is 0.338 e. The number of halogens is 2. The fourth-order valence-corrected chi connectivity index (χ4v) is 1.24. The second kappa shape index (κ2) is 4.27. The molecule has 0 fully saturated rings. The van der Waals surface area contributed by atoms with Crippen LogP contribution in [-0.2, 0) is 4.79 Å². The van der Waals surface area contributed by atoms with Gasteiger partial charge in [-0.15, -0.1) is 0 Å². The Bertz CT molecular complexity index is 434. The first-order valence-corrected chi connectivity index (χ1v) is 4.29. The Kier molecular flexibility index (Phi) is 3.26. The molecule has 0 bridgehead atoms. The number of nitrogens with one attached hydrogen (secondary N) is 1. The number of anilines is 1. The first-order chi connectivity index (χ1) is 6.91. The van der Waals surface area contributed by atoms with Gasteiger partial charge in [-0.3, -0.25) is 4.79 Å². The normalized spacial score (nSPS) is 9.80. The van der Waals surface area contributed by atoms with Crippen molar-refractivity contribution in [3.05, 3.63) is 28.5 Å². The lowest BCUT2D eigenvalue weighted by Gasteiger charge is -2.06. The van der Waals surface area contributed by atoms with Crippen molar-refractivity contribution in [2.24, 2.45) is 0 Å². The summed E-state index contributed by atoms with van der Waals surface area (Å²) >= 11 is 5.57. The molecular weight excluding hydrogens is 225 g/mol. The molecule has 0 saturated heterocycles. The van der Waals surface area contributed by atoms with Gasteiger partial charge in [-0.25, -0.2) is 9.18 Å². The number of benzene rings is 1. The van der Waals surface area contributed by atoms with Crippen LogP contribution >= 0.6 is 11.6 Å². The average Bonchev–Trinajstić information content (AvgIpc) is 2.09. The van der Waals surface area contributed by atoms with Crippen LogP contribution in [0, 0.1) is 5.82 Å². The second-order valence-electron chi connectivity index (χ2n) is 2.80. The lowest BCUT2D eigenvalue weighted by molar-refractivity contribution is -0.114. The topological polar surface area (TPSA) is 66.4 Å². The number of carbonyl (C=O) groups excluding carboxylic acids is 1. The molecule has 4 nitrogen and oxygen atoms in total. The Labute approximate surface area is 89.7 Å². The maximum absolute atomic E-state index is 13.4. The van der Waals surface area contributed by atoms with Gasteiger partial charge in [-0.05, 0) is 12.1 Å². The molecule has 0 atom stereocenters. The summed E-state index contributed by atoms with van der Waals surface area (Å²) in [7, 11) is 0. The Morgan fingerprint density at radius 3 is 2.53 bits per heavy atom. The summed E-state index contributed by atoms with van der Waals surface area (Å²) in [6, 6.07) is 2.12. The van der Waals surface area contributed by atoms with Gasteiger partial charge in [0, 0.05) is 11.9 Å². The highest BCUT2D eigenvalue weighted by molar-refractivity contribution is 6.31. The molecule has 0 aliphatic carbocycles. The van der Waals surface area contributed by atoms with Crippen molar-refractivity contribution in [3.8, 4) is 0 Å². The highest BCUT2D eigenvalue weighted by Gasteiger charge is 2.16. The maximum atomic E-state index is 13.4. The largest absolute Gasteiger partial charge is 0.478 e. The summed E-state index contributed by atoms with van der Waals surface area (Å²) < 4.78 is 13.4. The second-order valence-corrected chi connectivity index (χ2v) is 3.24. The van der Waals surface area contributed by atoms with Crippen molar-refractivity contribution in [1.82, 2.24) is 0 Å². The average molecular weight is 232 g/mol. The van der Waals surface area contributed by atoms with Crippen molar-refractivity contribution in [2.45, 2.75) is 6.92 Å². The zero-order valence-corrected chi connectivity index (χ0v) is 8.43. The van der Waals surface area contributed by atoms with Crippen LogP contribution in [-0.4, -0.2) is 17.0 Å². The van der Waals surface area contributed by atoms with Crippen LogP contribution in [0.5, 0.6) is 0 Å². The Morgan fingerprint density at radius 1 is 1.47 bits per heavy atom. The minimum atomic E-state index is -1.44. The van der Waals surface area contributed by atoms with Gasteiger partial charge in [-0.2, -0.15) is 0 Å². The number of amides is 1. The van der Waals surface area contributed by atoms with Gasteiger partial charge in [0.1, 0.15) is 0 Å². The molecule has 6 heteroatoms. The molecule has 2 N–H and O–H groups in total. The van der Waals surface area contributed by atoms with Crippen LogP contribution in [0.25, 0.3) is 0 Å². The third-order valence-corrected chi connectivity index (χ3v) is 1.80. The minimum absolute atomic E-state index is 0.0394. The predicted octanol–water partition coefficient (Wildman–Crippen LogP) is 2.14. The van der Waals surface area contributed by atoms with Gasteiger partial charge in [0.25, 0.3) is 0 Å². The van der Waals surface area contributed by atoms with Crippen molar-refractivity contribution in [1.29, 1.82) is 0 Å². The fraction of sp³-hybridized carbons (Fsp3) is 0.111. The SMILES string of the molecule is CC(=O)Nc1cc(Cl)cc(C(=O)O)c1F. The van der Waals surface area contributed by atoms with Crippen LogP contribution in [0.15, 0.2) is 12.1 Å². The molecule has 1 amide bonds. The van der Waals surface area contributed by atoms with Gasteiger partial charge in [0.05, 0.1) is 11.3 Å². The standard InChI is InChI=1S/C9H7ClFNO3/c1-4(13)12-7-3-5(10)2-6(8(7)11)9(14)15/h2-3H,1H3,(H,12,13)(H,14,15). The minimum Gasteiger partial charge on any atom is -0.478 e. The monoisotopic (exact) mass is 231 g/mol. The van der Waals surface area contributed by atoms with Crippen LogP contribution in [0.2, 0.25) is 5.02 Å². The molecule has 0 unspecified atom stereocenters. The molecule has 80 valence electrons. The quantitative estimate of drug-likeness (QED) is 0.820. The van der Waals surface area contributed by atoms with E-state index in [1.54, 1.807) is 0 Å². The molecule has 0 spiro atoms. The molecule has 0 aromatic heterocycles.